The quantitative estimate of drug-likeness (QED) is 0.651. The third-order valence-corrected chi connectivity index (χ3v) is 1.54. The van der Waals surface area contributed by atoms with Crippen molar-refractivity contribution in [3.05, 3.63) is 12.7 Å². The highest BCUT2D eigenvalue weighted by Gasteiger charge is 2.23. The first-order valence-electron chi connectivity index (χ1n) is 4.26. The van der Waals surface area contributed by atoms with E-state index in [9.17, 15) is 9.59 Å². The highest BCUT2D eigenvalue weighted by Crippen LogP contribution is 2.01. The lowest BCUT2D eigenvalue weighted by Crippen LogP contribution is -2.44. The first kappa shape index (κ1) is 12.5. The molecule has 5 heteroatoms. The molecule has 0 rings (SSSR count). The SMILES string of the molecule is C=CCOC(=O)NC(C(=O)O)C(C)C. The maximum absolute atomic E-state index is 11.0. The fourth-order valence-electron chi connectivity index (χ4n) is 0.817. The van der Waals surface area contributed by atoms with E-state index in [0.717, 1.165) is 0 Å². The normalized spacial score (nSPS) is 11.9. The summed E-state index contributed by atoms with van der Waals surface area (Å²) in [5, 5.41) is 11.0. The van der Waals surface area contributed by atoms with Crippen molar-refractivity contribution in [2.24, 2.45) is 5.92 Å². The van der Waals surface area contributed by atoms with Gasteiger partial charge in [-0.15, -0.1) is 0 Å². The fraction of sp³-hybridized carbons (Fsp3) is 0.556. The summed E-state index contributed by atoms with van der Waals surface area (Å²) in [6, 6.07) is -0.924. The lowest BCUT2D eigenvalue weighted by atomic mass is 10.1. The summed E-state index contributed by atoms with van der Waals surface area (Å²) in [4.78, 5) is 21.6. The van der Waals surface area contributed by atoms with E-state index in [0.29, 0.717) is 0 Å². The van der Waals surface area contributed by atoms with Crippen molar-refractivity contribution in [1.29, 1.82) is 0 Å². The van der Waals surface area contributed by atoms with Gasteiger partial charge in [-0.2, -0.15) is 0 Å². The number of carbonyl (C=O) groups is 2. The van der Waals surface area contributed by atoms with Gasteiger partial charge in [0.1, 0.15) is 12.6 Å². The summed E-state index contributed by atoms with van der Waals surface area (Å²) in [6.45, 7) is 6.83. The van der Waals surface area contributed by atoms with Crippen LogP contribution >= 0.6 is 0 Å². The minimum atomic E-state index is -1.07. The number of hydrogen-bond donors (Lipinski definition) is 2. The zero-order chi connectivity index (χ0) is 11.1. The maximum Gasteiger partial charge on any atom is 0.408 e. The van der Waals surface area contributed by atoms with Gasteiger partial charge in [0.15, 0.2) is 0 Å². The van der Waals surface area contributed by atoms with Gasteiger partial charge in [0.2, 0.25) is 0 Å². The Labute approximate surface area is 82.7 Å². The Morgan fingerprint density at radius 1 is 1.57 bits per heavy atom. The number of aliphatic carboxylic acids is 1. The molecule has 80 valence electrons. The smallest absolute Gasteiger partial charge is 0.408 e. The van der Waals surface area contributed by atoms with Crippen LogP contribution in [-0.4, -0.2) is 29.8 Å². The van der Waals surface area contributed by atoms with Gasteiger partial charge in [-0.3, -0.25) is 0 Å². The molecule has 0 aromatic heterocycles. The number of hydrogen-bond acceptors (Lipinski definition) is 3. The standard InChI is InChI=1S/C9H15NO4/c1-4-5-14-9(13)10-7(6(2)3)8(11)12/h4,6-7H,1,5H2,2-3H3,(H,10,13)(H,11,12). The number of ether oxygens (including phenoxy) is 1. The van der Waals surface area contributed by atoms with Gasteiger partial charge >= 0.3 is 12.1 Å². The number of rotatable bonds is 5. The van der Waals surface area contributed by atoms with Gasteiger partial charge in [0.05, 0.1) is 0 Å². The van der Waals surface area contributed by atoms with Crippen molar-refractivity contribution < 1.29 is 19.4 Å². The van der Waals surface area contributed by atoms with Crippen LogP contribution in [-0.2, 0) is 9.53 Å². The molecule has 0 aliphatic rings. The van der Waals surface area contributed by atoms with Crippen LogP contribution in [0.5, 0.6) is 0 Å². The molecule has 0 aliphatic heterocycles. The summed E-state index contributed by atoms with van der Waals surface area (Å²) in [5.41, 5.74) is 0. The fourth-order valence-corrected chi connectivity index (χ4v) is 0.817. The highest BCUT2D eigenvalue weighted by molar-refractivity contribution is 5.80. The number of nitrogens with one attached hydrogen (secondary N) is 1. The zero-order valence-electron chi connectivity index (χ0n) is 8.32. The molecule has 1 unspecified atom stereocenters. The van der Waals surface area contributed by atoms with E-state index in [-0.39, 0.29) is 12.5 Å². The Morgan fingerprint density at radius 3 is 2.50 bits per heavy atom. The van der Waals surface area contributed by atoms with Crippen LogP contribution in [0, 0.1) is 5.92 Å². The summed E-state index contributed by atoms with van der Waals surface area (Å²) >= 11 is 0. The van der Waals surface area contributed by atoms with Crippen LogP contribution in [0.2, 0.25) is 0 Å². The van der Waals surface area contributed by atoms with Gasteiger partial charge < -0.3 is 15.2 Å². The van der Waals surface area contributed by atoms with Crippen LogP contribution < -0.4 is 5.32 Å². The molecule has 0 heterocycles. The van der Waals surface area contributed by atoms with Gasteiger partial charge in [-0.05, 0) is 5.92 Å². The van der Waals surface area contributed by atoms with Gasteiger partial charge in [-0.25, -0.2) is 9.59 Å². The minimum absolute atomic E-state index is 0.0657. The summed E-state index contributed by atoms with van der Waals surface area (Å²) in [7, 11) is 0. The summed E-state index contributed by atoms with van der Waals surface area (Å²) < 4.78 is 4.59. The number of alkyl carbamates (subject to hydrolysis) is 1. The van der Waals surface area contributed by atoms with Crippen molar-refractivity contribution in [2.45, 2.75) is 19.9 Å². The van der Waals surface area contributed by atoms with Crippen molar-refractivity contribution in [3.63, 3.8) is 0 Å². The maximum atomic E-state index is 11.0. The van der Waals surface area contributed by atoms with Crippen LogP contribution in [0.3, 0.4) is 0 Å². The monoisotopic (exact) mass is 201 g/mol. The molecule has 2 N–H and O–H groups in total. The molecule has 5 nitrogen and oxygen atoms in total. The third kappa shape index (κ3) is 4.49. The molecule has 0 aliphatic carbocycles. The van der Waals surface area contributed by atoms with Crippen LogP contribution in [0.1, 0.15) is 13.8 Å². The Hall–Kier alpha value is -1.52. The average molecular weight is 201 g/mol. The minimum Gasteiger partial charge on any atom is -0.480 e. The Bertz CT molecular complexity index is 225. The topological polar surface area (TPSA) is 75.6 Å². The second kappa shape index (κ2) is 6.01. The van der Waals surface area contributed by atoms with Gasteiger partial charge in [0.25, 0.3) is 0 Å². The molecule has 0 radical (unpaired) electrons. The van der Waals surface area contributed by atoms with Crippen molar-refractivity contribution in [1.82, 2.24) is 5.32 Å². The van der Waals surface area contributed by atoms with Gasteiger partial charge in [-0.1, -0.05) is 26.5 Å². The number of carboxylic acid groups (broad SMARTS) is 1. The van der Waals surface area contributed by atoms with Crippen LogP contribution in [0.15, 0.2) is 12.7 Å². The van der Waals surface area contributed by atoms with Crippen molar-refractivity contribution in [2.75, 3.05) is 6.61 Å². The molecule has 14 heavy (non-hydrogen) atoms. The summed E-state index contributed by atoms with van der Waals surface area (Å²) in [6.07, 6.45) is 0.663. The molecule has 0 aromatic rings. The zero-order valence-corrected chi connectivity index (χ0v) is 8.32. The molecule has 0 bridgehead atoms. The predicted molar refractivity (Wildman–Crippen MR) is 50.9 cm³/mol. The average Bonchev–Trinajstić information content (AvgIpc) is 2.09. The molecule has 0 aromatic carbocycles. The molecule has 1 amide bonds. The van der Waals surface area contributed by atoms with E-state index in [1.165, 1.54) is 6.08 Å². The van der Waals surface area contributed by atoms with Crippen LogP contribution in [0.4, 0.5) is 4.79 Å². The molecular weight excluding hydrogens is 186 g/mol. The van der Waals surface area contributed by atoms with Gasteiger partial charge in [0, 0.05) is 0 Å². The first-order chi connectivity index (χ1) is 6.49. The Morgan fingerprint density at radius 2 is 2.14 bits per heavy atom. The van der Waals surface area contributed by atoms with Crippen molar-refractivity contribution >= 4 is 12.1 Å². The number of carboxylic acids is 1. The van der Waals surface area contributed by atoms with E-state index in [2.05, 4.69) is 16.6 Å². The lowest BCUT2D eigenvalue weighted by Gasteiger charge is -2.17. The van der Waals surface area contributed by atoms with E-state index in [1.807, 2.05) is 0 Å². The third-order valence-electron chi connectivity index (χ3n) is 1.54. The lowest BCUT2D eigenvalue weighted by molar-refractivity contribution is -0.140. The largest absolute Gasteiger partial charge is 0.480 e. The predicted octanol–water partition coefficient (Wildman–Crippen LogP) is 1.01. The second-order valence-corrected chi connectivity index (χ2v) is 3.09. The van der Waals surface area contributed by atoms with E-state index >= 15 is 0 Å². The Balaban J connectivity index is 4.09. The second-order valence-electron chi connectivity index (χ2n) is 3.09. The Kier molecular flexibility index (Phi) is 5.36. The van der Waals surface area contributed by atoms with E-state index in [4.69, 9.17) is 5.11 Å². The number of amides is 1. The molecule has 1 atom stereocenters. The number of carbonyl (C=O) groups excluding carboxylic acids is 1. The highest BCUT2D eigenvalue weighted by atomic mass is 16.5. The van der Waals surface area contributed by atoms with E-state index in [1.54, 1.807) is 13.8 Å². The molecule has 0 saturated carbocycles. The molecule has 0 saturated heterocycles. The summed E-state index contributed by atoms with van der Waals surface area (Å²) in [5.74, 6) is -1.26. The van der Waals surface area contributed by atoms with Crippen molar-refractivity contribution in [3.8, 4) is 0 Å². The first-order valence-corrected chi connectivity index (χ1v) is 4.26. The molecular formula is C9H15NO4. The van der Waals surface area contributed by atoms with E-state index < -0.39 is 18.1 Å². The van der Waals surface area contributed by atoms with Crippen LogP contribution in [0.25, 0.3) is 0 Å². The molecule has 0 spiro atoms. The molecule has 0 fully saturated rings.